The summed E-state index contributed by atoms with van der Waals surface area (Å²) in [4.78, 5) is 4.35. The van der Waals surface area contributed by atoms with Gasteiger partial charge in [-0.25, -0.2) is 0 Å². The Bertz CT molecular complexity index is 1070. The topological polar surface area (TPSA) is 91.9 Å². The van der Waals surface area contributed by atoms with Crippen molar-refractivity contribution in [1.29, 1.82) is 0 Å². The molecule has 10 heteroatoms. The number of nitrogens with zero attached hydrogens (tertiary/aromatic N) is 4. The summed E-state index contributed by atoms with van der Waals surface area (Å²) in [5.41, 5.74) is 0.324. The van der Waals surface area contributed by atoms with Crippen molar-refractivity contribution in [2.24, 2.45) is 0 Å². The predicted molar refractivity (Wildman–Crippen MR) is 76.7 cm³/mol. The van der Waals surface area contributed by atoms with Gasteiger partial charge in [0.2, 0.25) is 16.9 Å². The van der Waals surface area contributed by atoms with E-state index in [0.29, 0.717) is 5.56 Å². The number of fused-ring (bicyclic) bond motifs is 1. The van der Waals surface area contributed by atoms with Crippen LogP contribution in [0.5, 0.6) is 0 Å². The van der Waals surface area contributed by atoms with Gasteiger partial charge in [-0.1, -0.05) is 17.3 Å². The van der Waals surface area contributed by atoms with Crippen LogP contribution in [0.3, 0.4) is 0 Å². The number of hydrogen-bond donors (Lipinski definition) is 0. The average Bonchev–Trinajstić information content (AvgIpc) is 3.21. The fraction of sp³-hybridized carbons (Fsp3) is 0.0667. The van der Waals surface area contributed by atoms with Crippen molar-refractivity contribution >= 4 is 11.0 Å². The van der Waals surface area contributed by atoms with Gasteiger partial charge in [0, 0.05) is 22.3 Å². The van der Waals surface area contributed by atoms with Crippen molar-refractivity contribution in [3.8, 4) is 22.8 Å². The normalized spacial score (nSPS) is 12.0. The third-order valence-corrected chi connectivity index (χ3v) is 3.51. The molecule has 126 valence electrons. The number of aromatic nitrogens is 4. The Morgan fingerprint density at radius 2 is 1.84 bits per heavy atom. The van der Waals surface area contributed by atoms with Crippen LogP contribution in [0.1, 0.15) is 5.56 Å². The minimum atomic E-state index is -4.46. The lowest BCUT2D eigenvalue weighted by Crippen LogP contribution is -2.22. The number of halogens is 3. The van der Waals surface area contributed by atoms with E-state index in [1.165, 1.54) is 30.3 Å². The Morgan fingerprint density at radius 1 is 1.00 bits per heavy atom. The third-order valence-electron chi connectivity index (χ3n) is 3.51. The van der Waals surface area contributed by atoms with Crippen molar-refractivity contribution in [2.45, 2.75) is 6.18 Å². The van der Waals surface area contributed by atoms with Gasteiger partial charge in [-0.3, -0.25) is 4.63 Å². The zero-order chi connectivity index (χ0) is 17.6. The van der Waals surface area contributed by atoms with E-state index in [9.17, 15) is 18.4 Å². The summed E-state index contributed by atoms with van der Waals surface area (Å²) in [7, 11) is 0. The fourth-order valence-corrected chi connectivity index (χ4v) is 2.30. The van der Waals surface area contributed by atoms with E-state index < -0.39 is 11.7 Å². The quantitative estimate of drug-likeness (QED) is 0.517. The lowest BCUT2D eigenvalue weighted by atomic mass is 10.1. The van der Waals surface area contributed by atoms with Crippen LogP contribution in [0, 0.1) is 5.21 Å². The van der Waals surface area contributed by atoms with Gasteiger partial charge in [-0.15, -0.1) is 0 Å². The maximum atomic E-state index is 12.8. The molecule has 0 radical (unpaired) electrons. The first-order chi connectivity index (χ1) is 11.9. The maximum absolute atomic E-state index is 12.8. The summed E-state index contributed by atoms with van der Waals surface area (Å²) in [6.45, 7) is 0. The van der Waals surface area contributed by atoms with E-state index in [4.69, 9.17) is 4.52 Å². The van der Waals surface area contributed by atoms with Crippen LogP contribution in [0.4, 0.5) is 13.2 Å². The number of benzene rings is 2. The Morgan fingerprint density at radius 3 is 2.64 bits per heavy atom. The van der Waals surface area contributed by atoms with Gasteiger partial charge in [0.05, 0.1) is 5.56 Å². The second-order valence-electron chi connectivity index (χ2n) is 5.14. The van der Waals surface area contributed by atoms with Gasteiger partial charge in [0.15, 0.2) is 0 Å². The van der Waals surface area contributed by atoms with E-state index in [0.717, 1.165) is 12.1 Å². The molecule has 0 aliphatic rings. The molecule has 0 aliphatic heterocycles. The van der Waals surface area contributed by atoms with Gasteiger partial charge >= 0.3 is 6.18 Å². The van der Waals surface area contributed by atoms with Crippen LogP contribution in [0.15, 0.2) is 51.6 Å². The van der Waals surface area contributed by atoms with Gasteiger partial charge < -0.3 is 9.73 Å². The maximum Gasteiger partial charge on any atom is 0.416 e. The van der Waals surface area contributed by atoms with Gasteiger partial charge in [0.25, 0.3) is 5.89 Å². The molecule has 2 aromatic heterocycles. The lowest BCUT2D eigenvalue weighted by Gasteiger charge is -2.06. The summed E-state index contributed by atoms with van der Waals surface area (Å²) >= 11 is 0. The highest BCUT2D eigenvalue weighted by atomic mass is 19.4. The van der Waals surface area contributed by atoms with Crippen molar-refractivity contribution < 1.29 is 27.2 Å². The lowest BCUT2D eigenvalue weighted by molar-refractivity contribution is -0.782. The summed E-state index contributed by atoms with van der Waals surface area (Å²) in [6, 6.07) is 9.11. The zero-order valence-electron chi connectivity index (χ0n) is 12.2. The Balaban J connectivity index is 1.72. The number of rotatable bonds is 2. The largest absolute Gasteiger partial charge is 0.416 e. The molecular weight excluding hydrogens is 341 g/mol. The van der Waals surface area contributed by atoms with Crippen LogP contribution in [-0.4, -0.2) is 15.3 Å². The first-order valence-corrected chi connectivity index (χ1v) is 6.93. The zero-order valence-corrected chi connectivity index (χ0v) is 12.2. The van der Waals surface area contributed by atoms with Crippen molar-refractivity contribution in [1.82, 2.24) is 15.3 Å². The molecule has 25 heavy (non-hydrogen) atoms. The molecule has 0 fully saturated rings. The second-order valence-corrected chi connectivity index (χ2v) is 5.14. The van der Waals surface area contributed by atoms with Gasteiger partial charge in [0.1, 0.15) is 0 Å². The minimum absolute atomic E-state index is 0.0141. The molecule has 0 aliphatic carbocycles. The van der Waals surface area contributed by atoms with Crippen LogP contribution in [0.25, 0.3) is 33.9 Å². The monoisotopic (exact) mass is 348 g/mol. The first kappa shape index (κ1) is 15.1. The molecule has 4 aromatic rings. The van der Waals surface area contributed by atoms with Crippen molar-refractivity contribution in [3.05, 3.63) is 53.2 Å². The Hall–Kier alpha value is -3.43. The molecule has 0 amide bonds. The van der Waals surface area contributed by atoms with E-state index in [2.05, 4.69) is 19.9 Å². The molecule has 7 nitrogen and oxygen atoms in total. The molecule has 4 rings (SSSR count). The second kappa shape index (κ2) is 5.30. The molecule has 2 heterocycles. The van der Waals surface area contributed by atoms with Crippen LogP contribution in [-0.2, 0) is 6.18 Å². The summed E-state index contributed by atoms with van der Waals surface area (Å²) in [5.74, 6) is 0.0926. The van der Waals surface area contributed by atoms with E-state index in [1.807, 2.05) is 0 Å². The summed E-state index contributed by atoms with van der Waals surface area (Å²) in [5, 5.41) is 18.5. The molecule has 0 bridgehead atoms. The molecule has 0 atom stereocenters. The summed E-state index contributed by atoms with van der Waals surface area (Å²) < 4.78 is 48.0. The van der Waals surface area contributed by atoms with Crippen LogP contribution in [0.2, 0.25) is 0 Å². The Labute approximate surface area is 136 Å². The molecule has 0 spiro atoms. The SMILES string of the molecule is [O-][n+]1onc2cc(-c3nc(-c4cccc(C(F)(F)F)c4)no3)ccc21. The molecule has 0 unspecified atom stereocenters. The van der Waals surface area contributed by atoms with Gasteiger partial charge in [-0.2, -0.15) is 18.2 Å². The number of alkyl halides is 3. The molecule has 0 saturated heterocycles. The van der Waals surface area contributed by atoms with E-state index in [1.54, 1.807) is 0 Å². The minimum Gasteiger partial charge on any atom is -0.359 e. The molecular formula is C15H7F3N4O3. The standard InChI is InChI=1S/C15H7F3N4O3/c16-15(17,18)10-3-1-2-8(6-10)13-19-14(24-21-13)9-4-5-12-11(7-9)20-25-22(12)23/h1-7H. The van der Waals surface area contributed by atoms with Crippen molar-refractivity contribution in [2.75, 3.05) is 0 Å². The molecule has 2 aromatic carbocycles. The summed E-state index contributed by atoms with van der Waals surface area (Å²) in [6.07, 6.45) is -4.46. The highest BCUT2D eigenvalue weighted by Crippen LogP contribution is 2.32. The van der Waals surface area contributed by atoms with Crippen LogP contribution >= 0.6 is 0 Å². The average molecular weight is 348 g/mol. The van der Waals surface area contributed by atoms with Crippen molar-refractivity contribution in [3.63, 3.8) is 0 Å². The Kier molecular flexibility index (Phi) is 3.20. The third kappa shape index (κ3) is 2.67. The fourth-order valence-electron chi connectivity index (χ4n) is 2.30. The highest BCUT2D eigenvalue weighted by molar-refractivity contribution is 5.76. The van der Waals surface area contributed by atoms with E-state index >= 15 is 0 Å². The highest BCUT2D eigenvalue weighted by Gasteiger charge is 2.30. The van der Waals surface area contributed by atoms with Gasteiger partial charge in [-0.05, 0) is 29.2 Å². The number of hydrogen-bond acceptors (Lipinski definition) is 6. The first-order valence-electron chi connectivity index (χ1n) is 6.93. The predicted octanol–water partition coefficient (Wildman–Crippen LogP) is 3.20. The van der Waals surface area contributed by atoms with Crippen LogP contribution < -0.4 is 4.90 Å². The van der Waals surface area contributed by atoms with E-state index in [-0.39, 0.29) is 33.2 Å². The molecule has 0 saturated carbocycles. The molecule has 0 N–H and O–H groups in total. The smallest absolute Gasteiger partial charge is 0.359 e.